The van der Waals surface area contributed by atoms with Crippen LogP contribution in [0.3, 0.4) is 0 Å². The molecule has 2 heterocycles. The first-order valence-corrected chi connectivity index (χ1v) is 5.82. The zero-order valence-electron chi connectivity index (χ0n) is 12.0. The maximum Gasteiger partial charge on any atom is 0.293 e. The van der Waals surface area contributed by atoms with Crippen molar-refractivity contribution in [3.8, 4) is 0 Å². The zero-order valence-corrected chi connectivity index (χ0v) is 12.0. The Hall–Kier alpha value is -2.05. The van der Waals surface area contributed by atoms with Crippen LogP contribution >= 0.6 is 0 Å². The molecule has 0 saturated carbocycles. The van der Waals surface area contributed by atoms with Gasteiger partial charge in [-0.1, -0.05) is 31.1 Å². The number of aryl methyl sites for hydroxylation is 2. The average molecular weight is 266 g/mol. The van der Waals surface area contributed by atoms with Gasteiger partial charge in [-0.25, -0.2) is 0 Å². The summed E-state index contributed by atoms with van der Waals surface area (Å²) in [6.07, 6.45) is 0. The second-order valence-corrected chi connectivity index (χ2v) is 5.10. The van der Waals surface area contributed by atoms with Crippen LogP contribution in [0.1, 0.15) is 55.9 Å². The summed E-state index contributed by atoms with van der Waals surface area (Å²) in [6.45, 7) is 11.0. The number of carbonyl (C=O) groups is 1. The van der Waals surface area contributed by atoms with Crippen LogP contribution in [0.15, 0.2) is 9.05 Å². The van der Waals surface area contributed by atoms with Gasteiger partial charge in [0, 0.05) is 12.3 Å². The van der Waals surface area contributed by atoms with Crippen LogP contribution < -0.4 is 0 Å². The monoisotopic (exact) mass is 266 g/mol. The van der Waals surface area contributed by atoms with Crippen molar-refractivity contribution >= 4 is 5.78 Å². The van der Waals surface area contributed by atoms with E-state index >= 15 is 0 Å². The summed E-state index contributed by atoms with van der Waals surface area (Å²) in [6, 6.07) is 0. The van der Waals surface area contributed by atoms with Gasteiger partial charge in [0.15, 0.2) is 11.6 Å². The molecule has 0 aliphatic carbocycles. The standard InChI is InChI=1S/C7H12N2O.C5H6N2O2/c1-5-8-6(10-9-5)7(2,3)4;1-3(8)5-6-4(2)7-9-5/h1-4H3;1-2H3. The van der Waals surface area contributed by atoms with Crippen LogP contribution in [0, 0.1) is 13.8 Å². The second kappa shape index (κ2) is 5.73. The Morgan fingerprint density at radius 1 is 1.00 bits per heavy atom. The van der Waals surface area contributed by atoms with Crippen LogP contribution in [-0.4, -0.2) is 26.1 Å². The first-order valence-electron chi connectivity index (χ1n) is 5.82. The van der Waals surface area contributed by atoms with Gasteiger partial charge < -0.3 is 9.05 Å². The minimum Gasteiger partial charge on any atom is -0.339 e. The summed E-state index contributed by atoms with van der Waals surface area (Å²) >= 11 is 0. The minimum absolute atomic E-state index is 0.0265. The lowest BCUT2D eigenvalue weighted by Gasteiger charge is -2.10. The van der Waals surface area contributed by atoms with E-state index in [1.807, 2.05) is 27.7 Å². The molecule has 0 amide bonds. The third-order valence-corrected chi connectivity index (χ3v) is 2.00. The lowest BCUT2D eigenvalue weighted by Crippen LogP contribution is -2.11. The molecule has 0 spiro atoms. The highest BCUT2D eigenvalue weighted by Gasteiger charge is 2.20. The van der Waals surface area contributed by atoms with Crippen LogP contribution in [0.2, 0.25) is 0 Å². The Morgan fingerprint density at radius 2 is 1.53 bits per heavy atom. The van der Waals surface area contributed by atoms with Crippen LogP contribution in [-0.2, 0) is 5.41 Å². The summed E-state index contributed by atoms with van der Waals surface area (Å²) in [7, 11) is 0. The first-order chi connectivity index (χ1) is 8.70. The lowest BCUT2D eigenvalue weighted by atomic mass is 9.97. The maximum absolute atomic E-state index is 10.5. The molecule has 0 fully saturated rings. The SMILES string of the molecule is CC(=O)c1nc(C)no1.Cc1noc(C(C)(C)C)n1. The van der Waals surface area contributed by atoms with E-state index in [0.717, 1.165) is 0 Å². The topological polar surface area (TPSA) is 94.9 Å². The fourth-order valence-electron chi connectivity index (χ4n) is 1.04. The molecule has 2 rings (SSSR count). The van der Waals surface area contributed by atoms with Crippen molar-refractivity contribution in [3.05, 3.63) is 23.4 Å². The third-order valence-electron chi connectivity index (χ3n) is 2.00. The van der Waals surface area contributed by atoms with E-state index in [-0.39, 0.29) is 17.1 Å². The molecule has 0 saturated heterocycles. The van der Waals surface area contributed by atoms with Gasteiger partial charge in [-0.15, -0.1) is 0 Å². The van der Waals surface area contributed by atoms with Crippen LogP contribution in [0.4, 0.5) is 0 Å². The molecule has 0 aliphatic heterocycles. The van der Waals surface area contributed by atoms with Crippen LogP contribution in [0.5, 0.6) is 0 Å². The number of Topliss-reactive ketones (excluding diaryl/α,β-unsaturated/α-hetero) is 1. The van der Waals surface area contributed by atoms with Gasteiger partial charge >= 0.3 is 0 Å². The van der Waals surface area contributed by atoms with E-state index in [4.69, 9.17) is 4.52 Å². The summed E-state index contributed by atoms with van der Waals surface area (Å²) in [5.74, 6) is 1.76. The molecule has 19 heavy (non-hydrogen) atoms. The summed E-state index contributed by atoms with van der Waals surface area (Å²) in [5.41, 5.74) is -0.0265. The molecular formula is C12H18N4O3. The van der Waals surface area contributed by atoms with Gasteiger partial charge in [0.05, 0.1) is 0 Å². The molecule has 0 bridgehead atoms. The van der Waals surface area contributed by atoms with Gasteiger partial charge in [0.1, 0.15) is 0 Å². The van der Waals surface area contributed by atoms with E-state index in [1.165, 1.54) is 6.92 Å². The lowest BCUT2D eigenvalue weighted by molar-refractivity contribution is 0.0972. The van der Waals surface area contributed by atoms with E-state index in [9.17, 15) is 4.79 Å². The van der Waals surface area contributed by atoms with Crippen LogP contribution in [0.25, 0.3) is 0 Å². The van der Waals surface area contributed by atoms with E-state index in [1.54, 1.807) is 6.92 Å². The number of rotatable bonds is 1. The number of nitrogens with zero attached hydrogens (tertiary/aromatic N) is 4. The first kappa shape index (κ1) is 15.0. The maximum atomic E-state index is 10.5. The molecule has 2 aromatic rings. The van der Waals surface area contributed by atoms with Crippen molar-refractivity contribution in [2.45, 2.75) is 47.0 Å². The molecule has 0 atom stereocenters. The van der Waals surface area contributed by atoms with Gasteiger partial charge in [-0.05, 0) is 13.8 Å². The normalized spacial score (nSPS) is 10.8. The Bertz CT molecular complexity index is 551. The highest BCUT2D eigenvalue weighted by Crippen LogP contribution is 2.18. The summed E-state index contributed by atoms with van der Waals surface area (Å²) in [4.78, 5) is 18.2. The van der Waals surface area contributed by atoms with Gasteiger partial charge in [-0.2, -0.15) is 9.97 Å². The molecule has 2 aromatic heterocycles. The third kappa shape index (κ3) is 4.61. The van der Waals surface area contributed by atoms with E-state index in [0.29, 0.717) is 17.5 Å². The molecule has 104 valence electrons. The fourth-order valence-corrected chi connectivity index (χ4v) is 1.04. The van der Waals surface area contributed by atoms with Gasteiger partial charge in [0.25, 0.3) is 5.89 Å². The molecule has 0 aliphatic rings. The van der Waals surface area contributed by atoms with Gasteiger partial charge in [-0.3, -0.25) is 4.79 Å². The Balaban J connectivity index is 0.000000191. The van der Waals surface area contributed by atoms with Crippen molar-refractivity contribution in [2.24, 2.45) is 0 Å². The average Bonchev–Trinajstić information content (AvgIpc) is 2.87. The molecule has 7 nitrogen and oxygen atoms in total. The Kier molecular flexibility index (Phi) is 4.52. The van der Waals surface area contributed by atoms with E-state index < -0.39 is 0 Å². The summed E-state index contributed by atoms with van der Waals surface area (Å²) in [5, 5.41) is 7.13. The van der Waals surface area contributed by atoms with Crippen molar-refractivity contribution in [1.29, 1.82) is 0 Å². The summed E-state index contributed by atoms with van der Waals surface area (Å²) < 4.78 is 9.48. The number of carbonyl (C=O) groups excluding carboxylic acids is 1. The Labute approximate surface area is 111 Å². The molecule has 0 N–H and O–H groups in total. The van der Waals surface area contributed by atoms with Crippen molar-refractivity contribution in [1.82, 2.24) is 20.3 Å². The minimum atomic E-state index is -0.199. The number of aromatic nitrogens is 4. The molecule has 0 unspecified atom stereocenters. The highest BCUT2D eigenvalue weighted by molar-refractivity contribution is 5.89. The molecule has 7 heteroatoms. The van der Waals surface area contributed by atoms with Crippen molar-refractivity contribution < 1.29 is 13.8 Å². The Morgan fingerprint density at radius 3 is 1.74 bits per heavy atom. The second-order valence-electron chi connectivity index (χ2n) is 5.10. The fraction of sp³-hybridized carbons (Fsp3) is 0.583. The number of hydrogen-bond acceptors (Lipinski definition) is 7. The predicted molar refractivity (Wildman–Crippen MR) is 66.8 cm³/mol. The number of ketones is 1. The predicted octanol–water partition coefficient (Wildman–Crippen LogP) is 2.26. The van der Waals surface area contributed by atoms with Gasteiger partial charge in [0.2, 0.25) is 11.7 Å². The van der Waals surface area contributed by atoms with Crippen molar-refractivity contribution in [3.63, 3.8) is 0 Å². The van der Waals surface area contributed by atoms with Crippen molar-refractivity contribution in [2.75, 3.05) is 0 Å². The molecule has 0 aromatic carbocycles. The highest BCUT2D eigenvalue weighted by atomic mass is 16.5. The van der Waals surface area contributed by atoms with E-state index in [2.05, 4.69) is 24.8 Å². The quantitative estimate of drug-likeness (QED) is 0.730. The zero-order chi connectivity index (χ0) is 14.6. The number of hydrogen-bond donors (Lipinski definition) is 0. The molecule has 0 radical (unpaired) electrons. The molecular weight excluding hydrogens is 248 g/mol. The largest absolute Gasteiger partial charge is 0.339 e. The smallest absolute Gasteiger partial charge is 0.293 e.